The summed E-state index contributed by atoms with van der Waals surface area (Å²) < 4.78 is 5.37. The number of ether oxygens (including phenoxy) is 1. The Morgan fingerprint density at radius 1 is 0.970 bits per heavy atom. The first-order chi connectivity index (χ1) is 16.1. The van der Waals surface area contributed by atoms with Crippen molar-refractivity contribution in [2.45, 2.75) is 17.8 Å². The van der Waals surface area contributed by atoms with Crippen molar-refractivity contribution in [3.63, 3.8) is 0 Å². The molecule has 1 unspecified atom stereocenters. The Morgan fingerprint density at radius 2 is 1.73 bits per heavy atom. The van der Waals surface area contributed by atoms with Crippen molar-refractivity contribution in [3.05, 3.63) is 94.5 Å². The van der Waals surface area contributed by atoms with Crippen molar-refractivity contribution >= 4 is 34.8 Å². The smallest absolute Gasteiger partial charge is 0.254 e. The van der Waals surface area contributed by atoms with E-state index in [0.29, 0.717) is 36.9 Å². The van der Waals surface area contributed by atoms with E-state index in [2.05, 4.69) is 6.07 Å². The summed E-state index contributed by atoms with van der Waals surface area (Å²) in [6.07, 6.45) is 0.771. The molecule has 166 valence electrons. The minimum atomic E-state index is -0.561. The zero-order valence-electron chi connectivity index (χ0n) is 18.0. The van der Waals surface area contributed by atoms with Crippen LogP contribution in [0.5, 0.6) is 0 Å². The fourth-order valence-corrected chi connectivity index (χ4v) is 5.47. The summed E-state index contributed by atoms with van der Waals surface area (Å²) in [5.74, 6) is 0.159. The van der Waals surface area contributed by atoms with Crippen LogP contribution >= 0.6 is 11.6 Å². The van der Waals surface area contributed by atoms with Crippen LogP contribution in [-0.4, -0.2) is 43.0 Å². The Kier molecular flexibility index (Phi) is 4.78. The Hall–Kier alpha value is -3.15. The van der Waals surface area contributed by atoms with Crippen molar-refractivity contribution < 1.29 is 14.3 Å². The second kappa shape index (κ2) is 7.72. The summed E-state index contributed by atoms with van der Waals surface area (Å²) in [6.45, 7) is 2.27. The third-order valence-corrected chi connectivity index (χ3v) is 7.35. The summed E-state index contributed by atoms with van der Waals surface area (Å²) in [6, 6.07) is 23.2. The van der Waals surface area contributed by atoms with Crippen LogP contribution in [0.4, 0.5) is 11.4 Å². The summed E-state index contributed by atoms with van der Waals surface area (Å²) in [4.78, 5) is 30.6. The van der Waals surface area contributed by atoms with Gasteiger partial charge in [0.15, 0.2) is 0 Å². The molecular formula is C27H23ClN2O3. The normalized spacial score (nSPS) is 23.7. The molecule has 0 radical (unpaired) electrons. The molecule has 2 heterocycles. The van der Waals surface area contributed by atoms with Gasteiger partial charge in [-0.25, -0.2) is 0 Å². The van der Waals surface area contributed by atoms with Crippen LogP contribution in [-0.2, 0) is 14.9 Å². The molecule has 3 aromatic rings. The number of para-hydroxylation sites is 1. The van der Waals surface area contributed by atoms with Crippen molar-refractivity contribution in [2.24, 2.45) is 0 Å². The van der Waals surface area contributed by atoms with E-state index >= 15 is 0 Å². The minimum Gasteiger partial charge on any atom is -0.378 e. The Labute approximate surface area is 197 Å². The van der Waals surface area contributed by atoms with E-state index < -0.39 is 5.41 Å². The van der Waals surface area contributed by atoms with Crippen molar-refractivity contribution in [1.82, 2.24) is 4.90 Å². The van der Waals surface area contributed by atoms with E-state index in [1.807, 2.05) is 66.7 Å². The maximum absolute atomic E-state index is 14.0. The third kappa shape index (κ3) is 3.18. The van der Waals surface area contributed by atoms with Gasteiger partial charge in [-0.15, -0.1) is 0 Å². The number of fused-ring (bicyclic) bond motifs is 2. The number of rotatable bonds is 3. The third-order valence-electron chi connectivity index (χ3n) is 7.09. The van der Waals surface area contributed by atoms with Gasteiger partial charge in [-0.2, -0.15) is 0 Å². The molecule has 1 saturated heterocycles. The van der Waals surface area contributed by atoms with Crippen molar-refractivity contribution in [2.75, 3.05) is 31.2 Å². The molecule has 2 aliphatic heterocycles. The standard InChI is InChI=1S/C27H23ClN2O3/c28-20-10-8-18(9-11-20)23-17-27(23)22-6-1-2-7-24(22)30(26(27)32)21-5-3-4-19(16-21)25(31)29-12-14-33-15-13-29/h1-11,16,23H,12-15,17H2/t23?,27-/m1/s1. The number of carbonyl (C=O) groups excluding carboxylic acids is 2. The molecule has 1 aliphatic carbocycles. The monoisotopic (exact) mass is 458 g/mol. The summed E-state index contributed by atoms with van der Waals surface area (Å²) >= 11 is 6.08. The van der Waals surface area contributed by atoms with E-state index in [-0.39, 0.29) is 17.7 Å². The zero-order chi connectivity index (χ0) is 22.6. The number of amides is 2. The van der Waals surface area contributed by atoms with Crippen LogP contribution in [0.1, 0.15) is 33.8 Å². The van der Waals surface area contributed by atoms with Crippen LogP contribution in [0.25, 0.3) is 0 Å². The molecule has 1 spiro atoms. The number of nitrogens with zero attached hydrogens (tertiary/aromatic N) is 2. The van der Waals surface area contributed by atoms with Crippen LogP contribution in [0, 0.1) is 0 Å². The molecule has 6 rings (SSSR count). The average Bonchev–Trinajstić information content (AvgIpc) is 3.56. The van der Waals surface area contributed by atoms with Gasteiger partial charge in [0.25, 0.3) is 5.91 Å². The van der Waals surface area contributed by atoms with Gasteiger partial charge >= 0.3 is 0 Å². The van der Waals surface area contributed by atoms with Crippen LogP contribution in [0.3, 0.4) is 0 Å². The predicted molar refractivity (Wildman–Crippen MR) is 127 cm³/mol. The van der Waals surface area contributed by atoms with Crippen LogP contribution < -0.4 is 4.90 Å². The predicted octanol–water partition coefficient (Wildman–Crippen LogP) is 4.92. The van der Waals surface area contributed by atoms with Gasteiger partial charge in [-0.05, 0) is 53.9 Å². The first kappa shape index (κ1) is 20.5. The Balaban J connectivity index is 1.37. The van der Waals surface area contributed by atoms with Gasteiger partial charge in [0, 0.05) is 35.3 Å². The Morgan fingerprint density at radius 3 is 2.52 bits per heavy atom. The van der Waals surface area contributed by atoms with E-state index in [9.17, 15) is 9.59 Å². The topological polar surface area (TPSA) is 49.9 Å². The molecule has 2 amide bonds. The van der Waals surface area contributed by atoms with Crippen LogP contribution in [0.2, 0.25) is 5.02 Å². The second-order valence-electron chi connectivity index (χ2n) is 8.89. The molecule has 0 aromatic heterocycles. The van der Waals surface area contributed by atoms with E-state index in [1.54, 1.807) is 9.80 Å². The van der Waals surface area contributed by atoms with E-state index in [1.165, 1.54) is 0 Å². The molecule has 6 heteroatoms. The first-order valence-electron chi connectivity index (χ1n) is 11.3. The number of halogens is 1. The highest BCUT2D eigenvalue weighted by Crippen LogP contribution is 2.67. The lowest BCUT2D eigenvalue weighted by Gasteiger charge is -2.27. The molecule has 3 aliphatic rings. The molecule has 33 heavy (non-hydrogen) atoms. The average molecular weight is 459 g/mol. The van der Waals surface area contributed by atoms with Gasteiger partial charge in [0.1, 0.15) is 0 Å². The fraction of sp³-hybridized carbons (Fsp3) is 0.259. The lowest BCUT2D eigenvalue weighted by Crippen LogP contribution is -2.40. The highest BCUT2D eigenvalue weighted by molar-refractivity contribution is 6.30. The summed E-state index contributed by atoms with van der Waals surface area (Å²) in [5.41, 5.74) is 3.83. The molecule has 5 nitrogen and oxygen atoms in total. The number of hydrogen-bond acceptors (Lipinski definition) is 3. The zero-order valence-corrected chi connectivity index (χ0v) is 18.8. The molecule has 1 saturated carbocycles. The highest BCUT2D eigenvalue weighted by atomic mass is 35.5. The maximum atomic E-state index is 14.0. The summed E-state index contributed by atoms with van der Waals surface area (Å²) in [7, 11) is 0. The Bertz CT molecular complexity index is 1250. The largest absolute Gasteiger partial charge is 0.378 e. The van der Waals surface area contributed by atoms with Crippen molar-refractivity contribution in [3.8, 4) is 0 Å². The molecular weight excluding hydrogens is 436 g/mol. The van der Waals surface area contributed by atoms with Gasteiger partial charge in [-0.3, -0.25) is 14.5 Å². The van der Waals surface area contributed by atoms with Gasteiger partial charge in [-0.1, -0.05) is 48.0 Å². The van der Waals surface area contributed by atoms with E-state index in [4.69, 9.17) is 16.3 Å². The second-order valence-corrected chi connectivity index (χ2v) is 9.33. The lowest BCUT2D eigenvalue weighted by atomic mass is 9.92. The van der Waals surface area contributed by atoms with Gasteiger partial charge in [0.2, 0.25) is 5.91 Å². The highest BCUT2D eigenvalue weighted by Gasteiger charge is 2.67. The quantitative estimate of drug-likeness (QED) is 0.560. The number of morpholine rings is 1. The molecule has 3 aromatic carbocycles. The molecule has 2 fully saturated rings. The number of benzene rings is 3. The maximum Gasteiger partial charge on any atom is 0.254 e. The number of hydrogen-bond donors (Lipinski definition) is 0. The van der Waals surface area contributed by atoms with E-state index in [0.717, 1.165) is 28.9 Å². The SMILES string of the molecule is O=C(c1cccc(N2C(=O)[C@]3(CC3c3ccc(Cl)cc3)c3ccccc32)c1)N1CCOCC1. The summed E-state index contributed by atoms with van der Waals surface area (Å²) in [5, 5.41) is 0.690. The van der Waals surface area contributed by atoms with Crippen molar-refractivity contribution in [1.29, 1.82) is 0 Å². The number of anilines is 2. The van der Waals surface area contributed by atoms with Gasteiger partial charge in [0.05, 0.1) is 24.3 Å². The molecule has 0 bridgehead atoms. The molecule has 0 N–H and O–H groups in total. The minimum absolute atomic E-state index is 0.0275. The fourth-order valence-electron chi connectivity index (χ4n) is 5.35. The van der Waals surface area contributed by atoms with Gasteiger partial charge < -0.3 is 9.64 Å². The molecule has 2 atom stereocenters. The van der Waals surface area contributed by atoms with Crippen LogP contribution in [0.15, 0.2) is 72.8 Å². The number of carbonyl (C=O) groups is 2. The lowest BCUT2D eigenvalue weighted by molar-refractivity contribution is -0.119. The first-order valence-corrected chi connectivity index (χ1v) is 11.6.